The van der Waals surface area contributed by atoms with Gasteiger partial charge < -0.3 is 0 Å². The van der Waals surface area contributed by atoms with Crippen LogP contribution in [0, 0.1) is 4.58 Å². The standard InChI is InChI=1S/C10H11O4S2/c11-15(12)7-4-8-16(13,14)10(15)9-5-2-1-3-6-9/h1-3,5-6H,4,7-8H2/q-1. The van der Waals surface area contributed by atoms with Crippen molar-refractivity contribution in [2.45, 2.75) is 6.42 Å². The highest BCUT2D eigenvalue weighted by atomic mass is 32.3. The van der Waals surface area contributed by atoms with Crippen LogP contribution in [-0.4, -0.2) is 28.3 Å². The molecule has 2 rings (SSSR count). The van der Waals surface area contributed by atoms with Gasteiger partial charge in [-0.3, -0.25) is 0 Å². The number of sulfone groups is 2. The summed E-state index contributed by atoms with van der Waals surface area (Å²) < 4.78 is 46.7. The van der Waals surface area contributed by atoms with Gasteiger partial charge in [-0.1, -0.05) is 6.07 Å². The van der Waals surface area contributed by atoms with E-state index < -0.39 is 24.3 Å². The number of hydrogen-bond acceptors (Lipinski definition) is 4. The molecule has 1 aliphatic rings. The topological polar surface area (TPSA) is 68.3 Å². The second kappa shape index (κ2) is 3.78. The number of benzene rings is 1. The van der Waals surface area contributed by atoms with Crippen LogP contribution in [0.4, 0.5) is 0 Å². The molecule has 1 fully saturated rings. The highest BCUT2D eigenvalue weighted by Crippen LogP contribution is 2.32. The molecule has 1 aromatic carbocycles. The first-order valence-electron chi connectivity index (χ1n) is 4.81. The predicted octanol–water partition coefficient (Wildman–Crippen LogP) is 0.757. The summed E-state index contributed by atoms with van der Waals surface area (Å²) in [6, 6.07) is 7.99. The van der Waals surface area contributed by atoms with E-state index >= 15 is 0 Å². The normalized spacial score (nSPS) is 22.9. The summed E-state index contributed by atoms with van der Waals surface area (Å²) >= 11 is 0. The minimum atomic E-state index is -3.66. The second-order valence-electron chi connectivity index (χ2n) is 3.64. The molecule has 0 radical (unpaired) electrons. The van der Waals surface area contributed by atoms with Crippen molar-refractivity contribution in [3.05, 3.63) is 40.5 Å². The van der Waals surface area contributed by atoms with Crippen LogP contribution in [0.5, 0.6) is 0 Å². The molecular formula is C10H11O4S2-. The summed E-state index contributed by atoms with van der Waals surface area (Å²) in [5, 5.41) is 0. The largest absolute Gasteiger partial charge is 0.236 e. The summed E-state index contributed by atoms with van der Waals surface area (Å²) in [4.78, 5) is 0. The highest BCUT2D eigenvalue weighted by Gasteiger charge is 2.36. The average Bonchev–Trinajstić information content (AvgIpc) is 2.16. The van der Waals surface area contributed by atoms with Crippen molar-refractivity contribution < 1.29 is 16.8 Å². The molecule has 0 aromatic heterocycles. The summed E-state index contributed by atoms with van der Waals surface area (Å²) in [5.41, 5.74) is 0.266. The van der Waals surface area contributed by atoms with Gasteiger partial charge in [-0.05, 0) is 6.42 Å². The molecule has 1 aliphatic heterocycles. The van der Waals surface area contributed by atoms with Crippen LogP contribution in [0.15, 0.2) is 30.3 Å². The fraction of sp³-hybridized carbons (Fsp3) is 0.300. The molecule has 0 unspecified atom stereocenters. The Hall–Kier alpha value is -1.01. The summed E-state index contributed by atoms with van der Waals surface area (Å²) in [5.74, 6) is -0.174. The van der Waals surface area contributed by atoms with E-state index in [0.717, 1.165) is 0 Å². The van der Waals surface area contributed by atoms with Gasteiger partial charge in [0.15, 0.2) is 0 Å². The van der Waals surface area contributed by atoms with Gasteiger partial charge >= 0.3 is 0 Å². The zero-order valence-electron chi connectivity index (χ0n) is 8.46. The van der Waals surface area contributed by atoms with Crippen LogP contribution in [-0.2, 0) is 19.7 Å². The maximum atomic E-state index is 11.8. The van der Waals surface area contributed by atoms with E-state index in [0.29, 0.717) is 0 Å². The first-order valence-corrected chi connectivity index (χ1v) is 8.12. The van der Waals surface area contributed by atoms with Crippen molar-refractivity contribution in [1.29, 1.82) is 0 Å². The van der Waals surface area contributed by atoms with Gasteiger partial charge in [0.1, 0.15) is 19.7 Å². The first-order chi connectivity index (χ1) is 7.43. The van der Waals surface area contributed by atoms with Crippen LogP contribution in [0.3, 0.4) is 0 Å². The van der Waals surface area contributed by atoms with Gasteiger partial charge in [-0.2, -0.15) is 17.7 Å². The van der Waals surface area contributed by atoms with Gasteiger partial charge in [-0.25, -0.2) is 16.8 Å². The van der Waals surface area contributed by atoms with Crippen molar-refractivity contribution in [1.82, 2.24) is 0 Å². The Labute approximate surface area is 95.1 Å². The van der Waals surface area contributed by atoms with Crippen LogP contribution >= 0.6 is 0 Å². The molecule has 0 amide bonds. The molecule has 0 atom stereocenters. The maximum absolute atomic E-state index is 11.8. The van der Waals surface area contributed by atoms with Crippen molar-refractivity contribution in [2.75, 3.05) is 11.5 Å². The SMILES string of the molecule is O=S1(=O)CCCS(=O)(=O)[C-]1c1ccccc1. The lowest BCUT2D eigenvalue weighted by atomic mass is 10.2. The summed E-state index contributed by atoms with van der Waals surface area (Å²) in [6.07, 6.45) is 0.182. The molecule has 1 saturated heterocycles. The Kier molecular flexibility index (Phi) is 2.71. The van der Waals surface area contributed by atoms with Gasteiger partial charge in [0.25, 0.3) is 0 Å². The number of rotatable bonds is 1. The van der Waals surface area contributed by atoms with Crippen molar-refractivity contribution in [2.24, 2.45) is 0 Å². The minimum Gasteiger partial charge on any atom is -0.236 e. The Balaban J connectivity index is 2.59. The Morgan fingerprint density at radius 2 is 1.38 bits per heavy atom. The quantitative estimate of drug-likeness (QED) is 0.698. The third-order valence-electron chi connectivity index (χ3n) is 2.40. The molecule has 4 nitrogen and oxygen atoms in total. The van der Waals surface area contributed by atoms with Crippen molar-refractivity contribution >= 4 is 19.7 Å². The zero-order chi connectivity index (χ0) is 11.8. The fourth-order valence-electron chi connectivity index (χ4n) is 1.75. The molecule has 1 aromatic rings. The summed E-state index contributed by atoms with van der Waals surface area (Å²) in [7, 11) is -7.31. The third-order valence-corrected chi connectivity index (χ3v) is 7.18. The minimum absolute atomic E-state index is 0.0868. The lowest BCUT2D eigenvalue weighted by molar-refractivity contribution is 0.581. The van der Waals surface area contributed by atoms with Gasteiger partial charge in [0.05, 0.1) is 4.58 Å². The smallest absolute Gasteiger partial charge is 0.144 e. The third kappa shape index (κ3) is 1.94. The van der Waals surface area contributed by atoms with Gasteiger partial charge in [-0.15, -0.1) is 12.1 Å². The molecule has 0 N–H and O–H groups in total. The van der Waals surface area contributed by atoms with Crippen LogP contribution in [0.1, 0.15) is 12.0 Å². The van der Waals surface area contributed by atoms with E-state index in [4.69, 9.17) is 0 Å². The van der Waals surface area contributed by atoms with E-state index in [2.05, 4.69) is 0 Å². The molecule has 6 heteroatoms. The highest BCUT2D eigenvalue weighted by molar-refractivity contribution is 8.13. The van der Waals surface area contributed by atoms with Gasteiger partial charge in [0, 0.05) is 11.5 Å². The molecule has 0 aliphatic carbocycles. The van der Waals surface area contributed by atoms with E-state index in [9.17, 15) is 16.8 Å². The Morgan fingerprint density at radius 1 is 0.875 bits per heavy atom. The molecule has 88 valence electrons. The van der Waals surface area contributed by atoms with E-state index in [-0.39, 0.29) is 23.5 Å². The average molecular weight is 259 g/mol. The summed E-state index contributed by atoms with van der Waals surface area (Å²) in [6.45, 7) is 0. The Bertz CT molecular complexity index is 539. The van der Waals surface area contributed by atoms with Crippen LogP contribution in [0.2, 0.25) is 0 Å². The molecule has 0 spiro atoms. The lowest BCUT2D eigenvalue weighted by Crippen LogP contribution is -2.33. The lowest BCUT2D eigenvalue weighted by Gasteiger charge is -2.28. The van der Waals surface area contributed by atoms with E-state index in [1.165, 1.54) is 12.1 Å². The van der Waals surface area contributed by atoms with Crippen molar-refractivity contribution in [3.8, 4) is 0 Å². The molecule has 1 heterocycles. The van der Waals surface area contributed by atoms with Crippen molar-refractivity contribution in [3.63, 3.8) is 0 Å². The number of hydrogen-bond donors (Lipinski definition) is 0. The first kappa shape index (κ1) is 11.5. The fourth-order valence-corrected chi connectivity index (χ4v) is 6.39. The zero-order valence-corrected chi connectivity index (χ0v) is 10.1. The predicted molar refractivity (Wildman–Crippen MR) is 61.0 cm³/mol. The maximum Gasteiger partial charge on any atom is 0.144 e. The molecule has 16 heavy (non-hydrogen) atoms. The van der Waals surface area contributed by atoms with Crippen LogP contribution < -0.4 is 0 Å². The van der Waals surface area contributed by atoms with Gasteiger partial charge in [0.2, 0.25) is 0 Å². The Morgan fingerprint density at radius 3 is 1.88 bits per heavy atom. The van der Waals surface area contributed by atoms with E-state index in [1.54, 1.807) is 18.2 Å². The second-order valence-corrected chi connectivity index (χ2v) is 8.00. The van der Waals surface area contributed by atoms with E-state index in [1.807, 2.05) is 0 Å². The van der Waals surface area contributed by atoms with Crippen LogP contribution in [0.25, 0.3) is 0 Å². The monoisotopic (exact) mass is 259 g/mol. The molecular weight excluding hydrogens is 248 g/mol. The molecule has 0 bridgehead atoms. The molecule has 0 saturated carbocycles.